The molecule has 0 atom stereocenters. The lowest BCUT2D eigenvalue weighted by molar-refractivity contribution is 0.647. The summed E-state index contributed by atoms with van der Waals surface area (Å²) in [4.78, 5) is 13.3. The van der Waals surface area contributed by atoms with Crippen molar-refractivity contribution in [3.05, 3.63) is 35.6 Å². The molecule has 3 N–H and O–H groups in total. The van der Waals surface area contributed by atoms with Crippen LogP contribution in [-0.4, -0.2) is 42.7 Å². The Balaban J connectivity index is 1.65. The van der Waals surface area contributed by atoms with Crippen molar-refractivity contribution in [1.82, 2.24) is 9.97 Å². The number of rotatable bonds is 6. The molecule has 1 aromatic heterocycles. The molecule has 2 aromatic rings. The lowest BCUT2D eigenvalue weighted by atomic mass is 10.2. The summed E-state index contributed by atoms with van der Waals surface area (Å²) in [6.07, 6.45) is 3.82. The minimum absolute atomic E-state index is 0.634. The Morgan fingerprint density at radius 2 is 1.92 bits per heavy atom. The van der Waals surface area contributed by atoms with Gasteiger partial charge in [-0.1, -0.05) is 31.0 Å². The molecule has 0 spiro atoms. The molecular weight excluding hydrogens is 336 g/mol. The number of hydrogen-bond donors (Lipinski definition) is 2. The molecule has 1 fully saturated rings. The molecule has 25 heavy (non-hydrogen) atoms. The number of nitrogens with two attached hydrogens (primary N) is 1. The van der Waals surface area contributed by atoms with Crippen LogP contribution in [0.2, 0.25) is 5.02 Å². The molecular formula is C18H25ClN6. The van der Waals surface area contributed by atoms with E-state index in [0.717, 1.165) is 67.9 Å². The van der Waals surface area contributed by atoms with Crippen molar-refractivity contribution in [3.8, 4) is 0 Å². The fourth-order valence-corrected chi connectivity index (χ4v) is 3.20. The summed E-state index contributed by atoms with van der Waals surface area (Å²) >= 11 is 6.10. The van der Waals surface area contributed by atoms with Crippen LogP contribution in [0.5, 0.6) is 0 Å². The number of anilines is 4. The molecule has 1 aromatic carbocycles. The quantitative estimate of drug-likeness (QED) is 0.770. The SMILES string of the molecule is CCCCNc1ncnc(N2CCN(c3cccc(Cl)c3)CC2)c1N. The molecule has 0 bridgehead atoms. The molecule has 1 aliphatic rings. The van der Waals surface area contributed by atoms with Crippen molar-refractivity contribution < 1.29 is 0 Å². The lowest BCUT2D eigenvalue weighted by Gasteiger charge is -2.37. The van der Waals surface area contributed by atoms with E-state index in [-0.39, 0.29) is 0 Å². The van der Waals surface area contributed by atoms with Gasteiger partial charge in [-0.05, 0) is 24.6 Å². The first-order chi connectivity index (χ1) is 12.2. The van der Waals surface area contributed by atoms with Crippen LogP contribution in [0.15, 0.2) is 30.6 Å². The predicted octanol–water partition coefficient (Wildman–Crippen LogP) is 3.25. The first-order valence-electron chi connectivity index (χ1n) is 8.79. The van der Waals surface area contributed by atoms with Crippen LogP contribution in [-0.2, 0) is 0 Å². The van der Waals surface area contributed by atoms with Gasteiger partial charge in [0.1, 0.15) is 12.0 Å². The van der Waals surface area contributed by atoms with Gasteiger partial charge >= 0.3 is 0 Å². The van der Waals surface area contributed by atoms with Crippen molar-refractivity contribution in [2.75, 3.05) is 53.6 Å². The van der Waals surface area contributed by atoms with Crippen molar-refractivity contribution in [1.29, 1.82) is 0 Å². The summed E-state index contributed by atoms with van der Waals surface area (Å²) in [7, 11) is 0. The molecule has 0 aliphatic carbocycles. The highest BCUT2D eigenvalue weighted by molar-refractivity contribution is 6.30. The highest BCUT2D eigenvalue weighted by atomic mass is 35.5. The zero-order valence-corrected chi connectivity index (χ0v) is 15.3. The van der Waals surface area contributed by atoms with E-state index in [1.54, 1.807) is 6.33 Å². The van der Waals surface area contributed by atoms with Crippen molar-refractivity contribution in [2.45, 2.75) is 19.8 Å². The van der Waals surface area contributed by atoms with Crippen molar-refractivity contribution in [3.63, 3.8) is 0 Å². The summed E-state index contributed by atoms with van der Waals surface area (Å²) in [6.45, 7) is 6.57. The molecule has 0 radical (unpaired) electrons. The van der Waals surface area contributed by atoms with Gasteiger partial charge in [0.15, 0.2) is 11.6 Å². The zero-order chi connectivity index (χ0) is 17.6. The number of nitrogens with one attached hydrogen (secondary N) is 1. The Bertz CT molecular complexity index is 700. The summed E-state index contributed by atoms with van der Waals surface area (Å²) in [5.41, 5.74) is 8.09. The number of unbranched alkanes of at least 4 members (excludes halogenated alkanes) is 1. The Labute approximate surface area is 154 Å². The van der Waals surface area contributed by atoms with Crippen LogP contribution in [0.3, 0.4) is 0 Å². The fourth-order valence-electron chi connectivity index (χ4n) is 3.01. The highest BCUT2D eigenvalue weighted by Gasteiger charge is 2.21. The molecule has 0 amide bonds. The second kappa shape index (κ2) is 8.25. The number of nitrogen functional groups attached to an aromatic ring is 1. The summed E-state index contributed by atoms with van der Waals surface area (Å²) < 4.78 is 0. The van der Waals surface area contributed by atoms with E-state index in [0.29, 0.717) is 5.69 Å². The van der Waals surface area contributed by atoms with Crippen LogP contribution < -0.4 is 20.9 Å². The maximum Gasteiger partial charge on any atom is 0.157 e. The maximum atomic E-state index is 6.30. The van der Waals surface area contributed by atoms with Gasteiger partial charge in [0, 0.05) is 43.4 Å². The highest BCUT2D eigenvalue weighted by Crippen LogP contribution is 2.28. The van der Waals surface area contributed by atoms with Gasteiger partial charge in [-0.3, -0.25) is 0 Å². The second-order valence-electron chi connectivity index (χ2n) is 6.19. The molecule has 6 nitrogen and oxygen atoms in total. The van der Waals surface area contributed by atoms with Crippen LogP contribution in [0.1, 0.15) is 19.8 Å². The first kappa shape index (κ1) is 17.6. The smallest absolute Gasteiger partial charge is 0.157 e. The number of halogens is 1. The average Bonchev–Trinajstić information content (AvgIpc) is 2.63. The van der Waals surface area contributed by atoms with Crippen LogP contribution in [0.25, 0.3) is 0 Å². The standard InChI is InChI=1S/C18H25ClN6/c1-2-3-7-21-17-16(20)18(23-13-22-17)25-10-8-24(9-11-25)15-6-4-5-14(19)12-15/h4-6,12-13H,2-3,7-11,20H2,1H3,(H,21,22,23). The lowest BCUT2D eigenvalue weighted by Crippen LogP contribution is -2.47. The van der Waals surface area contributed by atoms with Gasteiger partial charge in [-0.25, -0.2) is 9.97 Å². The van der Waals surface area contributed by atoms with Gasteiger partial charge in [0.05, 0.1) is 0 Å². The first-order valence-corrected chi connectivity index (χ1v) is 9.16. The third-order valence-electron chi connectivity index (χ3n) is 4.44. The third-order valence-corrected chi connectivity index (χ3v) is 4.67. The zero-order valence-electron chi connectivity index (χ0n) is 14.6. The van der Waals surface area contributed by atoms with Gasteiger partial charge in [0.2, 0.25) is 0 Å². The van der Waals surface area contributed by atoms with Crippen molar-refractivity contribution in [2.24, 2.45) is 0 Å². The van der Waals surface area contributed by atoms with Gasteiger partial charge in [0.25, 0.3) is 0 Å². The molecule has 1 saturated heterocycles. The van der Waals surface area contributed by atoms with E-state index in [1.807, 2.05) is 18.2 Å². The molecule has 1 aliphatic heterocycles. The minimum Gasteiger partial charge on any atom is -0.393 e. The summed E-state index contributed by atoms with van der Waals surface area (Å²) in [5.74, 6) is 1.55. The third kappa shape index (κ3) is 4.25. The van der Waals surface area contributed by atoms with E-state index in [2.05, 4.69) is 38.1 Å². The van der Waals surface area contributed by atoms with Gasteiger partial charge in [-0.15, -0.1) is 0 Å². The molecule has 2 heterocycles. The van der Waals surface area contributed by atoms with Crippen molar-refractivity contribution >= 4 is 34.6 Å². The molecule has 0 saturated carbocycles. The Kier molecular flexibility index (Phi) is 5.81. The summed E-state index contributed by atoms with van der Waals surface area (Å²) in [6, 6.07) is 7.99. The molecule has 0 unspecified atom stereocenters. The van der Waals surface area contributed by atoms with Gasteiger partial charge in [-0.2, -0.15) is 0 Å². The second-order valence-corrected chi connectivity index (χ2v) is 6.63. The largest absolute Gasteiger partial charge is 0.393 e. The minimum atomic E-state index is 0.634. The van der Waals surface area contributed by atoms with Crippen LogP contribution in [0.4, 0.5) is 23.0 Å². The average molecular weight is 361 g/mol. The predicted molar refractivity (Wildman–Crippen MR) is 106 cm³/mol. The number of aromatic nitrogens is 2. The molecule has 134 valence electrons. The maximum absolute atomic E-state index is 6.30. The van der Waals surface area contributed by atoms with E-state index in [1.165, 1.54) is 0 Å². The molecule has 7 heteroatoms. The Hall–Kier alpha value is -2.21. The van der Waals surface area contributed by atoms with E-state index in [9.17, 15) is 0 Å². The Morgan fingerprint density at radius 3 is 2.64 bits per heavy atom. The van der Waals surface area contributed by atoms with E-state index in [4.69, 9.17) is 17.3 Å². The van der Waals surface area contributed by atoms with E-state index < -0.39 is 0 Å². The van der Waals surface area contributed by atoms with E-state index >= 15 is 0 Å². The number of hydrogen-bond acceptors (Lipinski definition) is 6. The van der Waals surface area contributed by atoms with Gasteiger partial charge < -0.3 is 20.9 Å². The normalized spacial score (nSPS) is 14.6. The summed E-state index contributed by atoms with van der Waals surface area (Å²) in [5, 5.41) is 4.07. The Morgan fingerprint density at radius 1 is 1.16 bits per heavy atom. The number of nitrogens with zero attached hydrogens (tertiary/aromatic N) is 4. The van der Waals surface area contributed by atoms with Crippen LogP contribution in [0, 0.1) is 0 Å². The van der Waals surface area contributed by atoms with Crippen LogP contribution >= 0.6 is 11.6 Å². The monoisotopic (exact) mass is 360 g/mol. The molecule has 3 rings (SSSR count). The number of benzene rings is 1. The number of piperazine rings is 1. The fraction of sp³-hybridized carbons (Fsp3) is 0.444. The topological polar surface area (TPSA) is 70.3 Å².